The van der Waals surface area contributed by atoms with Crippen molar-refractivity contribution >= 4 is 10.0 Å². The van der Waals surface area contributed by atoms with Crippen LogP contribution < -0.4 is 5.14 Å². The van der Waals surface area contributed by atoms with Gasteiger partial charge in [-0.25, -0.2) is 18.2 Å². The molecule has 0 spiro atoms. The number of nitrogens with two attached hydrogens (primary N) is 1. The molecule has 5 nitrogen and oxygen atoms in total. The van der Waals surface area contributed by atoms with Crippen molar-refractivity contribution < 1.29 is 21.6 Å². The first kappa shape index (κ1) is 18.2. The first-order valence-corrected chi connectivity index (χ1v) is 8.97. The Labute approximate surface area is 147 Å². The van der Waals surface area contributed by atoms with Gasteiger partial charge in [0.05, 0.1) is 10.6 Å². The van der Waals surface area contributed by atoms with Crippen molar-refractivity contribution in [3.63, 3.8) is 0 Å². The molecular weight excluding hydrogens is 367 g/mol. The summed E-state index contributed by atoms with van der Waals surface area (Å²) in [5, 5.41) is 8.69. The Morgan fingerprint density at radius 1 is 1.00 bits per heavy atom. The van der Waals surface area contributed by atoms with Crippen LogP contribution in [0.25, 0.3) is 16.8 Å². The van der Waals surface area contributed by atoms with Gasteiger partial charge in [-0.1, -0.05) is 29.8 Å². The fourth-order valence-corrected chi connectivity index (χ4v) is 2.99. The van der Waals surface area contributed by atoms with Gasteiger partial charge in [0.1, 0.15) is 0 Å². The van der Waals surface area contributed by atoms with Gasteiger partial charge in [0.2, 0.25) is 10.0 Å². The number of hydrogen-bond donors (Lipinski definition) is 1. The summed E-state index contributed by atoms with van der Waals surface area (Å²) in [4.78, 5) is -0.213. The van der Waals surface area contributed by atoms with E-state index in [1.165, 1.54) is 12.1 Å². The van der Waals surface area contributed by atoms with Crippen LogP contribution in [-0.4, -0.2) is 18.2 Å². The third kappa shape index (κ3) is 3.78. The maximum Gasteiger partial charge on any atom is 0.435 e. The average Bonchev–Trinajstić information content (AvgIpc) is 3.04. The summed E-state index contributed by atoms with van der Waals surface area (Å²) in [6.45, 7) is 1.90. The molecule has 9 heteroatoms. The number of primary sulfonamides is 1. The normalized spacial score (nSPS) is 12.3. The second-order valence-corrected chi connectivity index (χ2v) is 7.33. The molecule has 0 bridgehead atoms. The van der Waals surface area contributed by atoms with Crippen molar-refractivity contribution in [1.29, 1.82) is 0 Å². The first-order valence-electron chi connectivity index (χ1n) is 7.42. The summed E-state index contributed by atoms with van der Waals surface area (Å²) in [7, 11) is -4.06. The van der Waals surface area contributed by atoms with E-state index in [1.807, 2.05) is 19.1 Å². The monoisotopic (exact) mass is 381 g/mol. The van der Waals surface area contributed by atoms with Gasteiger partial charge in [-0.3, -0.25) is 0 Å². The molecule has 0 saturated carbocycles. The highest BCUT2D eigenvalue weighted by Crippen LogP contribution is 2.30. The number of halogens is 3. The van der Waals surface area contributed by atoms with E-state index in [1.54, 1.807) is 18.2 Å². The zero-order valence-corrected chi connectivity index (χ0v) is 14.3. The second-order valence-electron chi connectivity index (χ2n) is 5.77. The van der Waals surface area contributed by atoms with Crippen molar-refractivity contribution in [3.05, 3.63) is 66.0 Å². The molecule has 0 atom stereocenters. The minimum Gasteiger partial charge on any atom is -0.240 e. The fourth-order valence-electron chi connectivity index (χ4n) is 2.41. The largest absolute Gasteiger partial charge is 0.435 e. The zero-order valence-electron chi connectivity index (χ0n) is 13.5. The predicted octanol–water partition coefficient (Wildman–Crippen LogP) is 3.51. The molecule has 26 heavy (non-hydrogen) atoms. The molecule has 0 saturated heterocycles. The van der Waals surface area contributed by atoms with Crippen molar-refractivity contribution in [1.82, 2.24) is 9.78 Å². The Bertz CT molecular complexity index is 1060. The Balaban J connectivity index is 2.17. The highest BCUT2D eigenvalue weighted by atomic mass is 32.2. The second kappa shape index (κ2) is 6.26. The molecule has 2 N–H and O–H groups in total. The summed E-state index contributed by atoms with van der Waals surface area (Å²) in [5.74, 6) is 0. The third-order valence-electron chi connectivity index (χ3n) is 3.75. The van der Waals surface area contributed by atoms with Gasteiger partial charge < -0.3 is 0 Å². The molecule has 1 aromatic heterocycles. The van der Waals surface area contributed by atoms with Gasteiger partial charge >= 0.3 is 6.18 Å². The maximum atomic E-state index is 12.8. The zero-order chi connectivity index (χ0) is 19.1. The molecule has 3 aromatic rings. The van der Waals surface area contributed by atoms with Crippen LogP contribution >= 0.6 is 0 Å². The van der Waals surface area contributed by atoms with Crippen LogP contribution in [-0.2, 0) is 16.2 Å². The number of hydrogen-bond acceptors (Lipinski definition) is 3. The molecule has 0 amide bonds. The van der Waals surface area contributed by atoms with E-state index < -0.39 is 21.9 Å². The molecule has 0 aliphatic carbocycles. The molecule has 0 radical (unpaired) electrons. The number of sulfonamides is 1. The van der Waals surface area contributed by atoms with Crippen LogP contribution in [0.1, 0.15) is 11.3 Å². The molecule has 136 valence electrons. The molecular formula is C17H14F3N3O2S. The van der Waals surface area contributed by atoms with Gasteiger partial charge in [-0.2, -0.15) is 18.3 Å². The van der Waals surface area contributed by atoms with E-state index in [9.17, 15) is 21.6 Å². The van der Waals surface area contributed by atoms with Crippen molar-refractivity contribution in [2.24, 2.45) is 5.14 Å². The Hall–Kier alpha value is -2.65. The molecule has 3 rings (SSSR count). The van der Waals surface area contributed by atoms with Gasteiger partial charge in [-0.05, 0) is 42.3 Å². The minimum atomic E-state index is -4.59. The number of aryl methyl sites for hydroxylation is 1. The van der Waals surface area contributed by atoms with E-state index >= 15 is 0 Å². The van der Waals surface area contributed by atoms with Crippen LogP contribution in [0.15, 0.2) is 59.6 Å². The molecule has 0 aliphatic rings. The van der Waals surface area contributed by atoms with E-state index in [0.29, 0.717) is 11.1 Å². The Kier molecular flexibility index (Phi) is 4.37. The first-order chi connectivity index (χ1) is 12.0. The number of benzene rings is 2. The average molecular weight is 381 g/mol. The SMILES string of the molecule is Cc1ccc(-c2cc(-n3ccc(C(F)(F)F)n3)cc(S(N)(=O)=O)c2)cc1. The Morgan fingerprint density at radius 2 is 1.65 bits per heavy atom. The fraction of sp³-hybridized carbons (Fsp3) is 0.118. The number of rotatable bonds is 3. The van der Waals surface area contributed by atoms with Crippen molar-refractivity contribution in [2.45, 2.75) is 18.0 Å². The van der Waals surface area contributed by atoms with Crippen molar-refractivity contribution in [3.8, 4) is 16.8 Å². The van der Waals surface area contributed by atoms with Crippen LogP contribution in [0.5, 0.6) is 0 Å². The topological polar surface area (TPSA) is 78.0 Å². The Morgan fingerprint density at radius 3 is 2.19 bits per heavy atom. The lowest BCUT2D eigenvalue weighted by Gasteiger charge is -2.10. The van der Waals surface area contributed by atoms with Crippen LogP contribution in [0, 0.1) is 6.92 Å². The lowest BCUT2D eigenvalue weighted by Crippen LogP contribution is -2.13. The summed E-state index contributed by atoms with van der Waals surface area (Å²) in [6.07, 6.45) is -3.48. The van der Waals surface area contributed by atoms with Crippen molar-refractivity contribution in [2.75, 3.05) is 0 Å². The standard InChI is InChI=1S/C17H14F3N3O2S/c1-11-2-4-12(5-3-11)13-8-14(10-15(9-13)26(21,24)25)23-7-6-16(22-23)17(18,19)20/h2-10H,1H3,(H2,21,24,25). The van der Waals surface area contributed by atoms with Gasteiger partial charge in [0, 0.05) is 6.20 Å². The predicted molar refractivity (Wildman–Crippen MR) is 90.1 cm³/mol. The van der Waals surface area contributed by atoms with E-state index in [0.717, 1.165) is 22.5 Å². The molecule has 2 aromatic carbocycles. The summed E-state index contributed by atoms with van der Waals surface area (Å²) in [5.41, 5.74) is 1.29. The van der Waals surface area contributed by atoms with Crippen LogP contribution in [0.3, 0.4) is 0 Å². The highest BCUT2D eigenvalue weighted by molar-refractivity contribution is 7.89. The van der Waals surface area contributed by atoms with Gasteiger partial charge in [-0.15, -0.1) is 0 Å². The van der Waals surface area contributed by atoms with Gasteiger partial charge in [0.15, 0.2) is 5.69 Å². The van der Waals surface area contributed by atoms with E-state index in [2.05, 4.69) is 5.10 Å². The molecule has 0 unspecified atom stereocenters. The molecule has 0 fully saturated rings. The quantitative estimate of drug-likeness (QED) is 0.754. The summed E-state index contributed by atoms with van der Waals surface area (Å²) < 4.78 is 62.9. The highest BCUT2D eigenvalue weighted by Gasteiger charge is 2.33. The number of nitrogens with zero attached hydrogens (tertiary/aromatic N) is 2. The van der Waals surface area contributed by atoms with Crippen LogP contribution in [0.4, 0.5) is 13.2 Å². The van der Waals surface area contributed by atoms with Crippen LogP contribution in [0.2, 0.25) is 0 Å². The molecule has 1 heterocycles. The third-order valence-corrected chi connectivity index (χ3v) is 4.64. The lowest BCUT2D eigenvalue weighted by atomic mass is 10.0. The van der Waals surface area contributed by atoms with Gasteiger partial charge in [0.25, 0.3) is 0 Å². The number of aromatic nitrogens is 2. The lowest BCUT2D eigenvalue weighted by molar-refractivity contribution is -0.141. The smallest absolute Gasteiger partial charge is 0.240 e. The maximum absolute atomic E-state index is 12.8. The number of alkyl halides is 3. The van der Waals surface area contributed by atoms with E-state index in [4.69, 9.17) is 5.14 Å². The van der Waals surface area contributed by atoms with E-state index in [-0.39, 0.29) is 10.6 Å². The summed E-state index contributed by atoms with van der Waals surface area (Å²) >= 11 is 0. The summed E-state index contributed by atoms with van der Waals surface area (Å²) in [6, 6.07) is 12.2. The molecule has 0 aliphatic heterocycles. The minimum absolute atomic E-state index is 0.155.